The van der Waals surface area contributed by atoms with Gasteiger partial charge < -0.3 is 10.4 Å². The molecule has 2 aromatic heterocycles. The van der Waals surface area contributed by atoms with Gasteiger partial charge in [-0.25, -0.2) is 13.8 Å². The molecular weight excluding hydrogens is 414 g/mol. The number of nitrogens with zero attached hydrogens (tertiary/aromatic N) is 3. The molecule has 0 unspecified atom stereocenters. The minimum Gasteiger partial charge on any atom is -0.394 e. The number of aryl methyl sites for hydroxylation is 1. The Morgan fingerprint density at radius 1 is 1.09 bits per heavy atom. The first-order valence-electron chi connectivity index (χ1n) is 9.71. The number of fused-ring (bicyclic) bond motifs is 1. The van der Waals surface area contributed by atoms with E-state index in [-0.39, 0.29) is 43.2 Å². The zero-order valence-electron chi connectivity index (χ0n) is 16.9. The number of hydrogen-bond acceptors (Lipinski definition) is 5. The molecule has 0 aliphatic rings. The number of benzene rings is 2. The second-order valence-electron chi connectivity index (χ2n) is 7.28. The summed E-state index contributed by atoms with van der Waals surface area (Å²) in [5.74, 6) is -0.799. The largest absolute Gasteiger partial charge is 0.394 e. The number of para-hydroxylation sites is 1. The molecule has 4 rings (SSSR count). The number of rotatable bonds is 5. The number of pyridine rings is 1. The van der Waals surface area contributed by atoms with Gasteiger partial charge in [-0.3, -0.25) is 9.36 Å². The van der Waals surface area contributed by atoms with Crippen LogP contribution < -0.4 is 10.9 Å². The summed E-state index contributed by atoms with van der Waals surface area (Å²) in [4.78, 5) is 21.8. The second kappa shape index (κ2) is 9.23. The lowest BCUT2D eigenvalue weighted by atomic mass is 10.0. The van der Waals surface area contributed by atoms with E-state index in [1.54, 1.807) is 32.0 Å². The molecule has 2 aromatic carbocycles. The molecule has 6 nitrogen and oxygen atoms in total. The van der Waals surface area contributed by atoms with Crippen molar-refractivity contribution in [1.82, 2.24) is 14.5 Å². The van der Waals surface area contributed by atoms with E-state index in [2.05, 4.69) is 15.3 Å². The van der Waals surface area contributed by atoms with Gasteiger partial charge in [0.15, 0.2) is 5.65 Å². The fourth-order valence-electron chi connectivity index (χ4n) is 3.41. The van der Waals surface area contributed by atoms with E-state index in [4.69, 9.17) is 0 Å². The van der Waals surface area contributed by atoms with Gasteiger partial charge in [-0.2, -0.15) is 4.98 Å². The van der Waals surface area contributed by atoms with Crippen molar-refractivity contribution in [3.63, 3.8) is 0 Å². The second-order valence-corrected chi connectivity index (χ2v) is 7.28. The fraction of sp³-hybridized carbons (Fsp3) is 0.208. The average molecular weight is 438 g/mol. The standard InChI is InChI=1S/C23H20F2N4O2.CH4/c1-13-11-15(24)7-8-16(13)21-17-9-10-20(31)29(19-6-4-3-5-18(19)25)22(17)28-23(27-21)26-14(2)12-30;/h3-11,14,30H,12H2,1-2H3,(H,26,27,28);1H4/t14-;/m0./s1. The summed E-state index contributed by atoms with van der Waals surface area (Å²) in [5, 5.41) is 12.9. The molecule has 0 aliphatic carbocycles. The lowest BCUT2D eigenvalue weighted by Crippen LogP contribution is -2.23. The third kappa shape index (κ3) is 4.22. The number of halogens is 2. The lowest BCUT2D eigenvalue weighted by molar-refractivity contribution is 0.281. The van der Waals surface area contributed by atoms with E-state index in [9.17, 15) is 18.7 Å². The molecule has 166 valence electrons. The van der Waals surface area contributed by atoms with Gasteiger partial charge in [0.05, 0.1) is 18.0 Å². The molecule has 8 heteroatoms. The summed E-state index contributed by atoms with van der Waals surface area (Å²) in [5.41, 5.74) is 1.54. The summed E-state index contributed by atoms with van der Waals surface area (Å²) in [6.45, 7) is 3.33. The summed E-state index contributed by atoms with van der Waals surface area (Å²) in [6.07, 6.45) is 0. The Bertz CT molecular complexity index is 1340. The van der Waals surface area contributed by atoms with Crippen molar-refractivity contribution < 1.29 is 13.9 Å². The number of aliphatic hydroxyl groups excluding tert-OH is 1. The topological polar surface area (TPSA) is 80.0 Å². The van der Waals surface area contributed by atoms with Gasteiger partial charge in [0.1, 0.15) is 11.6 Å². The highest BCUT2D eigenvalue weighted by Crippen LogP contribution is 2.30. The Morgan fingerprint density at radius 3 is 2.53 bits per heavy atom. The predicted molar refractivity (Wildman–Crippen MR) is 122 cm³/mol. The SMILES string of the molecule is C.Cc1cc(F)ccc1-c1nc(N[C@@H](C)CO)nc2c1ccc(=O)n2-c1ccccc1F. The molecule has 0 spiro atoms. The maximum atomic E-state index is 14.6. The Morgan fingerprint density at radius 2 is 1.84 bits per heavy atom. The summed E-state index contributed by atoms with van der Waals surface area (Å²) in [6, 6.07) is 12.8. The van der Waals surface area contributed by atoms with Crippen molar-refractivity contribution in [2.75, 3.05) is 11.9 Å². The van der Waals surface area contributed by atoms with E-state index < -0.39 is 11.4 Å². The van der Waals surface area contributed by atoms with Crippen LogP contribution in [0.15, 0.2) is 59.4 Å². The third-order valence-electron chi connectivity index (χ3n) is 4.94. The van der Waals surface area contributed by atoms with Crippen LogP contribution in [0.3, 0.4) is 0 Å². The smallest absolute Gasteiger partial charge is 0.256 e. The normalized spacial score (nSPS) is 11.8. The number of hydrogen-bond donors (Lipinski definition) is 2. The Balaban J connectivity index is 0.00000289. The van der Waals surface area contributed by atoms with E-state index in [0.29, 0.717) is 22.2 Å². The van der Waals surface area contributed by atoms with Gasteiger partial charge in [-0.15, -0.1) is 0 Å². The highest BCUT2D eigenvalue weighted by molar-refractivity contribution is 5.93. The minimum atomic E-state index is -0.575. The Labute approximate surface area is 184 Å². The first kappa shape index (κ1) is 23.0. The zero-order valence-corrected chi connectivity index (χ0v) is 16.9. The molecule has 32 heavy (non-hydrogen) atoms. The van der Waals surface area contributed by atoms with Crippen LogP contribution >= 0.6 is 0 Å². The maximum Gasteiger partial charge on any atom is 0.256 e. The highest BCUT2D eigenvalue weighted by atomic mass is 19.1. The molecule has 0 fully saturated rings. The van der Waals surface area contributed by atoms with Crippen LogP contribution in [0.1, 0.15) is 19.9 Å². The van der Waals surface area contributed by atoms with Gasteiger partial charge in [0.25, 0.3) is 5.56 Å². The van der Waals surface area contributed by atoms with Crippen molar-refractivity contribution >= 4 is 17.0 Å². The van der Waals surface area contributed by atoms with E-state index in [1.807, 2.05) is 0 Å². The van der Waals surface area contributed by atoms with Gasteiger partial charge in [0.2, 0.25) is 5.95 Å². The van der Waals surface area contributed by atoms with E-state index in [1.165, 1.54) is 41.0 Å². The third-order valence-corrected chi connectivity index (χ3v) is 4.94. The zero-order chi connectivity index (χ0) is 22.1. The van der Waals surface area contributed by atoms with Gasteiger partial charge in [0, 0.05) is 23.1 Å². The Kier molecular flexibility index (Phi) is 6.64. The van der Waals surface area contributed by atoms with Crippen molar-refractivity contribution in [1.29, 1.82) is 0 Å². The minimum absolute atomic E-state index is 0. The monoisotopic (exact) mass is 438 g/mol. The predicted octanol–water partition coefficient (Wildman–Crippen LogP) is 4.46. The Hall–Kier alpha value is -3.65. The first-order valence-corrected chi connectivity index (χ1v) is 9.71. The van der Waals surface area contributed by atoms with Crippen molar-refractivity contribution in [3.05, 3.63) is 82.1 Å². The van der Waals surface area contributed by atoms with Gasteiger partial charge >= 0.3 is 0 Å². The fourth-order valence-corrected chi connectivity index (χ4v) is 3.41. The van der Waals surface area contributed by atoms with Crippen LogP contribution in [0, 0.1) is 18.6 Å². The molecular formula is C24H24F2N4O2. The quantitative estimate of drug-likeness (QED) is 0.481. The molecule has 0 amide bonds. The van der Waals surface area contributed by atoms with E-state index in [0.717, 1.165) is 0 Å². The molecule has 1 atom stereocenters. The number of anilines is 1. The average Bonchev–Trinajstić information content (AvgIpc) is 2.74. The number of aliphatic hydroxyl groups is 1. The molecule has 0 radical (unpaired) electrons. The molecule has 0 saturated carbocycles. The van der Waals surface area contributed by atoms with Crippen molar-refractivity contribution in [3.8, 4) is 16.9 Å². The van der Waals surface area contributed by atoms with E-state index >= 15 is 0 Å². The van der Waals surface area contributed by atoms with Gasteiger partial charge in [-0.1, -0.05) is 19.6 Å². The molecule has 0 bridgehead atoms. The lowest BCUT2D eigenvalue weighted by Gasteiger charge is -2.17. The number of aromatic nitrogens is 3. The highest BCUT2D eigenvalue weighted by Gasteiger charge is 2.18. The summed E-state index contributed by atoms with van der Waals surface area (Å²) < 4.78 is 29.5. The molecule has 4 aromatic rings. The van der Waals surface area contributed by atoms with Crippen LogP contribution in [-0.4, -0.2) is 32.3 Å². The molecule has 0 aliphatic heterocycles. The van der Waals surface area contributed by atoms with Gasteiger partial charge in [-0.05, 0) is 55.8 Å². The first-order chi connectivity index (χ1) is 14.9. The van der Waals surface area contributed by atoms with Crippen LogP contribution in [0.2, 0.25) is 0 Å². The number of nitrogens with one attached hydrogen (secondary N) is 1. The summed E-state index contributed by atoms with van der Waals surface area (Å²) in [7, 11) is 0. The molecule has 2 heterocycles. The van der Waals surface area contributed by atoms with Crippen molar-refractivity contribution in [2.24, 2.45) is 0 Å². The van der Waals surface area contributed by atoms with Crippen molar-refractivity contribution in [2.45, 2.75) is 27.3 Å². The summed E-state index contributed by atoms with van der Waals surface area (Å²) >= 11 is 0. The van der Waals surface area contributed by atoms with Crippen LogP contribution in [0.4, 0.5) is 14.7 Å². The van der Waals surface area contributed by atoms with Crippen LogP contribution in [0.5, 0.6) is 0 Å². The van der Waals surface area contributed by atoms with Crippen LogP contribution in [0.25, 0.3) is 28.0 Å². The maximum absolute atomic E-state index is 14.6. The molecule has 0 saturated heterocycles. The van der Waals surface area contributed by atoms with Crippen LogP contribution in [-0.2, 0) is 0 Å². The molecule has 2 N–H and O–H groups in total.